The van der Waals surface area contributed by atoms with Crippen LogP contribution in [0.2, 0.25) is 0 Å². The molecule has 1 aromatic rings. The van der Waals surface area contributed by atoms with E-state index in [1.54, 1.807) is 0 Å². The second kappa shape index (κ2) is 4.11. The molecule has 14 heavy (non-hydrogen) atoms. The van der Waals surface area contributed by atoms with Crippen molar-refractivity contribution in [3.63, 3.8) is 0 Å². The van der Waals surface area contributed by atoms with Gasteiger partial charge in [0.1, 0.15) is 0 Å². The Morgan fingerprint density at radius 2 is 2.36 bits per heavy atom. The van der Waals surface area contributed by atoms with Gasteiger partial charge in [-0.05, 0) is 37.1 Å². The van der Waals surface area contributed by atoms with Gasteiger partial charge in [-0.3, -0.25) is 0 Å². The van der Waals surface area contributed by atoms with Crippen molar-refractivity contribution in [2.45, 2.75) is 25.9 Å². The molecule has 1 heterocycles. The molecule has 2 N–H and O–H groups in total. The molecule has 0 bridgehead atoms. The predicted molar refractivity (Wildman–Crippen MR) is 59.4 cm³/mol. The highest BCUT2D eigenvalue weighted by atomic mass is 15.0. The van der Waals surface area contributed by atoms with E-state index in [4.69, 9.17) is 0 Å². The van der Waals surface area contributed by atoms with Crippen LogP contribution in [0.4, 0.5) is 0 Å². The quantitative estimate of drug-likeness (QED) is 0.733. The van der Waals surface area contributed by atoms with Gasteiger partial charge in [-0.2, -0.15) is 0 Å². The fourth-order valence-corrected chi connectivity index (χ4v) is 2.18. The van der Waals surface area contributed by atoms with E-state index in [-0.39, 0.29) is 0 Å². The maximum atomic E-state index is 3.55. The Labute approximate surface area is 85.7 Å². The molecule has 1 unspecified atom stereocenters. The third-order valence-corrected chi connectivity index (χ3v) is 2.99. The maximum Gasteiger partial charge on any atom is 0.0236 e. The molecular weight excluding hydrogens is 172 g/mol. The summed E-state index contributed by atoms with van der Waals surface area (Å²) in [4.78, 5) is 0. The molecular formula is C12H18N2. The zero-order valence-corrected chi connectivity index (χ0v) is 8.93. The molecule has 0 aromatic heterocycles. The maximum absolute atomic E-state index is 3.55. The highest BCUT2D eigenvalue weighted by Crippen LogP contribution is 2.19. The summed E-state index contributed by atoms with van der Waals surface area (Å²) in [6, 6.07) is 7.20. The van der Waals surface area contributed by atoms with Crippen molar-refractivity contribution in [2.75, 3.05) is 13.6 Å². The number of likely N-dealkylation sites (N-methyl/N-ethyl adjacent to an activating group) is 1. The Kier molecular flexibility index (Phi) is 2.85. The lowest BCUT2D eigenvalue weighted by Gasteiger charge is -2.27. The first kappa shape index (κ1) is 9.69. The Morgan fingerprint density at radius 1 is 1.50 bits per heavy atom. The van der Waals surface area contributed by atoms with Crippen LogP contribution in [0.1, 0.15) is 16.7 Å². The molecule has 1 aromatic carbocycles. The molecule has 0 fully saturated rings. The zero-order chi connectivity index (χ0) is 9.97. The van der Waals surface area contributed by atoms with Crippen LogP contribution in [-0.2, 0) is 13.0 Å². The molecule has 2 rings (SSSR count). The number of rotatable bonds is 2. The zero-order valence-electron chi connectivity index (χ0n) is 8.93. The fraction of sp³-hybridized carbons (Fsp3) is 0.500. The normalized spacial score (nSPS) is 20.6. The van der Waals surface area contributed by atoms with Gasteiger partial charge in [0.15, 0.2) is 0 Å². The van der Waals surface area contributed by atoms with Gasteiger partial charge in [0, 0.05) is 19.1 Å². The third-order valence-electron chi connectivity index (χ3n) is 2.99. The van der Waals surface area contributed by atoms with Crippen molar-refractivity contribution < 1.29 is 0 Å². The van der Waals surface area contributed by atoms with Crippen molar-refractivity contribution in [1.82, 2.24) is 10.6 Å². The van der Waals surface area contributed by atoms with Crippen LogP contribution in [0, 0.1) is 6.92 Å². The van der Waals surface area contributed by atoms with Crippen LogP contribution in [0.5, 0.6) is 0 Å². The first-order valence-electron chi connectivity index (χ1n) is 5.26. The smallest absolute Gasteiger partial charge is 0.0236 e. The molecule has 0 spiro atoms. The molecule has 76 valence electrons. The second-order valence-electron chi connectivity index (χ2n) is 4.05. The summed E-state index contributed by atoms with van der Waals surface area (Å²) in [6.45, 7) is 4.26. The number of nitrogens with one attached hydrogen (secondary N) is 2. The molecule has 0 aliphatic carbocycles. The van der Waals surface area contributed by atoms with E-state index in [1.807, 2.05) is 7.05 Å². The lowest BCUT2D eigenvalue weighted by Crippen LogP contribution is -2.42. The Hall–Kier alpha value is -0.860. The van der Waals surface area contributed by atoms with Crippen LogP contribution in [-0.4, -0.2) is 19.6 Å². The molecule has 1 aliphatic rings. The standard InChI is InChI=1S/C12H18N2/c1-9-4-3-5-10-6-11(7-13-2)14-8-12(9)10/h3-5,11,13-14H,6-8H2,1-2H3. The largest absolute Gasteiger partial charge is 0.318 e. The van der Waals surface area contributed by atoms with Crippen molar-refractivity contribution in [1.29, 1.82) is 0 Å². The van der Waals surface area contributed by atoms with Crippen LogP contribution >= 0.6 is 0 Å². The Morgan fingerprint density at radius 3 is 3.14 bits per heavy atom. The summed E-state index contributed by atoms with van der Waals surface area (Å²) >= 11 is 0. The molecule has 2 nitrogen and oxygen atoms in total. The minimum atomic E-state index is 0.592. The summed E-state index contributed by atoms with van der Waals surface area (Å²) in [7, 11) is 2.01. The predicted octanol–water partition coefficient (Wildman–Crippen LogP) is 1.23. The van der Waals surface area contributed by atoms with Crippen LogP contribution in [0.15, 0.2) is 18.2 Å². The molecule has 0 saturated heterocycles. The lowest BCUT2D eigenvalue weighted by atomic mass is 9.93. The number of hydrogen-bond donors (Lipinski definition) is 2. The molecule has 1 aliphatic heterocycles. The van der Waals surface area contributed by atoms with Crippen LogP contribution < -0.4 is 10.6 Å². The van der Waals surface area contributed by atoms with Crippen molar-refractivity contribution in [2.24, 2.45) is 0 Å². The average Bonchev–Trinajstić information content (AvgIpc) is 2.18. The van der Waals surface area contributed by atoms with Gasteiger partial charge in [0.25, 0.3) is 0 Å². The van der Waals surface area contributed by atoms with Crippen molar-refractivity contribution >= 4 is 0 Å². The fourth-order valence-electron chi connectivity index (χ4n) is 2.18. The summed E-state index contributed by atoms with van der Waals surface area (Å²) in [5.41, 5.74) is 4.43. The summed E-state index contributed by atoms with van der Waals surface area (Å²) < 4.78 is 0. The lowest BCUT2D eigenvalue weighted by molar-refractivity contribution is 0.461. The van der Waals surface area contributed by atoms with Gasteiger partial charge < -0.3 is 10.6 Å². The number of fused-ring (bicyclic) bond motifs is 1. The highest BCUT2D eigenvalue weighted by Gasteiger charge is 2.17. The summed E-state index contributed by atoms with van der Waals surface area (Å²) in [5.74, 6) is 0. The molecule has 0 saturated carbocycles. The van der Waals surface area contributed by atoms with Crippen LogP contribution in [0.3, 0.4) is 0 Å². The number of benzene rings is 1. The Bertz CT molecular complexity index is 320. The van der Waals surface area contributed by atoms with E-state index in [2.05, 4.69) is 35.8 Å². The van der Waals surface area contributed by atoms with E-state index in [0.29, 0.717) is 6.04 Å². The summed E-state index contributed by atoms with van der Waals surface area (Å²) in [5, 5.41) is 6.77. The minimum Gasteiger partial charge on any atom is -0.318 e. The van der Waals surface area contributed by atoms with Gasteiger partial charge in [-0.25, -0.2) is 0 Å². The van der Waals surface area contributed by atoms with E-state index in [1.165, 1.54) is 16.7 Å². The average molecular weight is 190 g/mol. The third kappa shape index (κ3) is 1.81. The molecule has 0 amide bonds. The monoisotopic (exact) mass is 190 g/mol. The van der Waals surface area contributed by atoms with Gasteiger partial charge in [0.05, 0.1) is 0 Å². The molecule has 1 atom stereocenters. The first-order chi connectivity index (χ1) is 6.81. The van der Waals surface area contributed by atoms with E-state index in [9.17, 15) is 0 Å². The molecule has 0 radical (unpaired) electrons. The highest BCUT2D eigenvalue weighted by molar-refractivity contribution is 5.36. The van der Waals surface area contributed by atoms with E-state index >= 15 is 0 Å². The second-order valence-corrected chi connectivity index (χ2v) is 4.05. The van der Waals surface area contributed by atoms with Crippen molar-refractivity contribution in [3.05, 3.63) is 34.9 Å². The SMILES string of the molecule is CNCC1Cc2cccc(C)c2CN1. The summed E-state index contributed by atoms with van der Waals surface area (Å²) in [6.07, 6.45) is 1.15. The van der Waals surface area contributed by atoms with Gasteiger partial charge in [-0.15, -0.1) is 0 Å². The number of aryl methyl sites for hydroxylation is 1. The van der Waals surface area contributed by atoms with Crippen molar-refractivity contribution in [3.8, 4) is 0 Å². The van der Waals surface area contributed by atoms with Gasteiger partial charge in [0.2, 0.25) is 0 Å². The number of hydrogen-bond acceptors (Lipinski definition) is 2. The topological polar surface area (TPSA) is 24.1 Å². The minimum absolute atomic E-state index is 0.592. The molecule has 2 heteroatoms. The van der Waals surface area contributed by atoms with Crippen LogP contribution in [0.25, 0.3) is 0 Å². The Balaban J connectivity index is 2.18. The van der Waals surface area contributed by atoms with Gasteiger partial charge in [-0.1, -0.05) is 18.2 Å². The van der Waals surface area contributed by atoms with Gasteiger partial charge >= 0.3 is 0 Å². The van der Waals surface area contributed by atoms with E-state index in [0.717, 1.165) is 19.5 Å². The first-order valence-corrected chi connectivity index (χ1v) is 5.26. The van der Waals surface area contributed by atoms with E-state index < -0.39 is 0 Å².